The first-order chi connectivity index (χ1) is 5.24. The van der Waals surface area contributed by atoms with Gasteiger partial charge in [0, 0.05) is 26.0 Å². The number of amides is 1. The minimum Gasteiger partial charge on any atom is -0.384 e. The van der Waals surface area contributed by atoms with Crippen LogP contribution in [0.15, 0.2) is 0 Å². The van der Waals surface area contributed by atoms with E-state index in [-0.39, 0.29) is 5.91 Å². The zero-order chi connectivity index (χ0) is 8.27. The maximum atomic E-state index is 10.6. The van der Waals surface area contributed by atoms with Gasteiger partial charge in [-0.3, -0.25) is 4.79 Å². The van der Waals surface area contributed by atoms with Crippen molar-refractivity contribution < 1.29 is 9.53 Å². The van der Waals surface area contributed by atoms with Crippen LogP contribution < -0.4 is 5.32 Å². The van der Waals surface area contributed by atoms with Gasteiger partial charge in [0.2, 0.25) is 5.91 Å². The summed E-state index contributed by atoms with van der Waals surface area (Å²) in [5, 5.41) is 2.90. The van der Waals surface area contributed by atoms with Gasteiger partial charge in [0.05, 0.1) is 6.61 Å². The average Bonchev–Trinajstić information content (AvgIpc) is 1.93. The molecule has 0 aromatic rings. The fraction of sp³-hybridized carbons (Fsp3) is 0.875. The van der Waals surface area contributed by atoms with Crippen molar-refractivity contribution in [3.05, 3.63) is 0 Å². The number of ether oxygens (including phenoxy) is 1. The second kappa shape index (κ2) is 3.72. The van der Waals surface area contributed by atoms with Gasteiger partial charge < -0.3 is 10.1 Å². The Balaban J connectivity index is 2.20. The monoisotopic (exact) mass is 157 g/mol. The van der Waals surface area contributed by atoms with E-state index in [1.54, 1.807) is 14.0 Å². The minimum atomic E-state index is 0.0656. The summed E-state index contributed by atoms with van der Waals surface area (Å²) in [7, 11) is 1.70. The third-order valence-corrected chi connectivity index (χ3v) is 2.19. The van der Waals surface area contributed by atoms with Gasteiger partial charge in [-0.05, 0) is 12.8 Å². The third-order valence-electron chi connectivity index (χ3n) is 2.19. The molecule has 1 amide bonds. The van der Waals surface area contributed by atoms with E-state index in [9.17, 15) is 4.79 Å². The lowest BCUT2D eigenvalue weighted by molar-refractivity contribution is -0.121. The highest BCUT2D eigenvalue weighted by molar-refractivity contribution is 5.73. The number of hydrogen-bond donors (Lipinski definition) is 1. The summed E-state index contributed by atoms with van der Waals surface area (Å²) in [6.45, 7) is 2.33. The van der Waals surface area contributed by atoms with Gasteiger partial charge in [-0.1, -0.05) is 0 Å². The molecule has 1 rings (SSSR count). The van der Waals surface area contributed by atoms with E-state index in [0.29, 0.717) is 12.0 Å². The van der Waals surface area contributed by atoms with Crippen molar-refractivity contribution in [3.8, 4) is 0 Å². The van der Waals surface area contributed by atoms with Crippen LogP contribution in [-0.2, 0) is 9.53 Å². The highest BCUT2D eigenvalue weighted by atomic mass is 16.5. The molecule has 1 saturated carbocycles. The van der Waals surface area contributed by atoms with Crippen molar-refractivity contribution in [2.75, 3.05) is 13.7 Å². The molecule has 11 heavy (non-hydrogen) atoms. The fourth-order valence-electron chi connectivity index (χ4n) is 1.43. The van der Waals surface area contributed by atoms with Crippen molar-refractivity contribution in [2.45, 2.75) is 25.8 Å². The number of carbonyl (C=O) groups excluding carboxylic acids is 1. The lowest BCUT2D eigenvalue weighted by atomic mass is 9.80. The lowest BCUT2D eigenvalue weighted by Crippen LogP contribution is -2.47. The molecule has 3 nitrogen and oxygen atoms in total. The molecule has 1 fully saturated rings. The van der Waals surface area contributed by atoms with Gasteiger partial charge in [0.1, 0.15) is 0 Å². The number of methoxy groups -OCH3 is 1. The van der Waals surface area contributed by atoms with Gasteiger partial charge >= 0.3 is 0 Å². The van der Waals surface area contributed by atoms with Crippen LogP contribution in [0.3, 0.4) is 0 Å². The summed E-state index contributed by atoms with van der Waals surface area (Å²) in [5.74, 6) is 0.611. The van der Waals surface area contributed by atoms with E-state index >= 15 is 0 Å². The predicted molar refractivity (Wildman–Crippen MR) is 42.2 cm³/mol. The molecule has 0 saturated heterocycles. The van der Waals surface area contributed by atoms with Crippen molar-refractivity contribution in [2.24, 2.45) is 5.92 Å². The van der Waals surface area contributed by atoms with Crippen LogP contribution >= 0.6 is 0 Å². The first-order valence-electron chi connectivity index (χ1n) is 4.00. The first kappa shape index (κ1) is 8.53. The molecular weight excluding hydrogens is 142 g/mol. The number of carbonyl (C=O) groups is 1. The van der Waals surface area contributed by atoms with E-state index in [0.717, 1.165) is 13.0 Å². The summed E-state index contributed by atoms with van der Waals surface area (Å²) in [5.41, 5.74) is 0. The second-order valence-corrected chi connectivity index (χ2v) is 3.10. The normalized spacial score (nSPS) is 29.3. The van der Waals surface area contributed by atoms with Gasteiger partial charge in [-0.15, -0.1) is 0 Å². The van der Waals surface area contributed by atoms with Crippen LogP contribution in [0, 0.1) is 5.92 Å². The first-order valence-corrected chi connectivity index (χ1v) is 4.00. The summed E-state index contributed by atoms with van der Waals surface area (Å²) in [6, 6.07) is 0.368. The van der Waals surface area contributed by atoms with Crippen LogP contribution in [0.1, 0.15) is 19.8 Å². The molecule has 0 bridgehead atoms. The maximum absolute atomic E-state index is 10.6. The van der Waals surface area contributed by atoms with Crippen molar-refractivity contribution in [1.29, 1.82) is 0 Å². The zero-order valence-electron chi connectivity index (χ0n) is 7.09. The molecule has 1 aliphatic carbocycles. The Labute approximate surface area is 67.1 Å². The van der Waals surface area contributed by atoms with E-state index in [4.69, 9.17) is 4.74 Å². The predicted octanol–water partition coefficient (Wildman–Crippen LogP) is 0.547. The Bertz CT molecular complexity index is 147. The largest absolute Gasteiger partial charge is 0.384 e. The van der Waals surface area contributed by atoms with Crippen molar-refractivity contribution in [1.82, 2.24) is 5.32 Å². The third kappa shape index (κ3) is 2.19. The van der Waals surface area contributed by atoms with Gasteiger partial charge in [-0.2, -0.15) is 0 Å². The minimum absolute atomic E-state index is 0.0656. The van der Waals surface area contributed by atoms with Crippen LogP contribution in [0.5, 0.6) is 0 Å². The Hall–Kier alpha value is -0.570. The molecule has 0 radical (unpaired) electrons. The van der Waals surface area contributed by atoms with E-state index in [1.165, 1.54) is 6.42 Å². The van der Waals surface area contributed by atoms with Crippen LogP contribution in [0.2, 0.25) is 0 Å². The standard InChI is InChI=1S/C8H15NO2/c1-6(10)9-8-4-3-7(8)5-11-2/h7-8H,3-5H2,1-2H3,(H,9,10)/t7-,8-/m1/s1. The number of rotatable bonds is 3. The van der Waals surface area contributed by atoms with Gasteiger partial charge in [0.25, 0.3) is 0 Å². The number of nitrogens with one attached hydrogen (secondary N) is 1. The van der Waals surface area contributed by atoms with Crippen LogP contribution in [-0.4, -0.2) is 25.7 Å². The Morgan fingerprint density at radius 3 is 2.73 bits per heavy atom. The molecule has 0 aliphatic heterocycles. The number of hydrogen-bond acceptors (Lipinski definition) is 2. The molecule has 64 valence electrons. The molecule has 0 unspecified atom stereocenters. The SMILES string of the molecule is COC[C@H]1CC[C@H]1NC(C)=O. The topological polar surface area (TPSA) is 38.3 Å². The highest BCUT2D eigenvalue weighted by Crippen LogP contribution is 2.27. The van der Waals surface area contributed by atoms with Crippen molar-refractivity contribution >= 4 is 5.91 Å². The Kier molecular flexibility index (Phi) is 2.88. The van der Waals surface area contributed by atoms with Gasteiger partial charge in [0.15, 0.2) is 0 Å². The summed E-state index contributed by atoms with van der Waals surface area (Å²) < 4.78 is 5.01. The van der Waals surface area contributed by atoms with Crippen LogP contribution in [0.25, 0.3) is 0 Å². The molecule has 0 aromatic heterocycles. The fourth-order valence-corrected chi connectivity index (χ4v) is 1.43. The molecule has 0 spiro atoms. The van der Waals surface area contributed by atoms with E-state index in [2.05, 4.69) is 5.32 Å². The zero-order valence-corrected chi connectivity index (χ0v) is 7.09. The maximum Gasteiger partial charge on any atom is 0.217 e. The molecular formula is C8H15NO2. The van der Waals surface area contributed by atoms with Crippen molar-refractivity contribution in [3.63, 3.8) is 0 Å². The molecule has 1 N–H and O–H groups in total. The molecule has 3 heteroatoms. The summed E-state index contributed by atoms with van der Waals surface area (Å²) in [6.07, 6.45) is 2.28. The lowest BCUT2D eigenvalue weighted by Gasteiger charge is -2.36. The van der Waals surface area contributed by atoms with Gasteiger partial charge in [-0.25, -0.2) is 0 Å². The molecule has 0 aromatic carbocycles. The van der Waals surface area contributed by atoms with E-state index in [1.807, 2.05) is 0 Å². The molecule has 2 atom stereocenters. The Morgan fingerprint density at radius 2 is 2.36 bits per heavy atom. The second-order valence-electron chi connectivity index (χ2n) is 3.10. The Morgan fingerprint density at radius 1 is 1.64 bits per heavy atom. The summed E-state index contributed by atoms with van der Waals surface area (Å²) >= 11 is 0. The average molecular weight is 157 g/mol. The smallest absolute Gasteiger partial charge is 0.217 e. The summed E-state index contributed by atoms with van der Waals surface area (Å²) in [4.78, 5) is 10.6. The van der Waals surface area contributed by atoms with Crippen LogP contribution in [0.4, 0.5) is 0 Å². The molecule has 0 heterocycles. The highest BCUT2D eigenvalue weighted by Gasteiger charge is 2.30. The quantitative estimate of drug-likeness (QED) is 0.649. The van der Waals surface area contributed by atoms with E-state index < -0.39 is 0 Å². The molecule has 1 aliphatic rings.